The van der Waals surface area contributed by atoms with Crippen LogP contribution in [-0.2, 0) is 12.6 Å². The van der Waals surface area contributed by atoms with Crippen LogP contribution >= 0.6 is 19.8 Å². The lowest BCUT2D eigenvalue weighted by Gasteiger charge is -2.23. The summed E-state index contributed by atoms with van der Waals surface area (Å²) < 4.78 is 1.03. The van der Waals surface area contributed by atoms with Gasteiger partial charge in [0, 0.05) is 5.02 Å². The third-order valence-electron chi connectivity index (χ3n) is 3.31. The molecule has 0 N–H and O–H groups in total. The maximum absolute atomic E-state index is 6.25. The molecule has 0 nitrogen and oxygen atoms in total. The molecule has 0 radical (unpaired) electrons. The molecule has 0 aliphatic heterocycles. The highest BCUT2D eigenvalue weighted by Gasteiger charge is 2.11. The van der Waals surface area contributed by atoms with Crippen LogP contribution in [0.2, 0.25) is 5.02 Å². The maximum Gasteiger partial charge on any atom is 0.0467 e. The molecule has 0 saturated heterocycles. The number of halogens is 1. The Labute approximate surface area is 116 Å². The van der Waals surface area contributed by atoms with Gasteiger partial charge in [-0.25, -0.2) is 0 Å². The van der Waals surface area contributed by atoms with Gasteiger partial charge in [-0.05, 0) is 42.6 Å². The second-order valence-corrected chi connectivity index (χ2v) is 7.21. The summed E-state index contributed by atoms with van der Waals surface area (Å²) in [4.78, 5) is 0. The van der Waals surface area contributed by atoms with Gasteiger partial charge in [0.05, 0.1) is 0 Å². The summed E-state index contributed by atoms with van der Waals surface area (Å²) >= 11 is 11.8. The molecule has 2 rings (SSSR count). The standard InChI is InChI=1S/C14H18ClPS/c1-10-6-5-9-12(15)13(10)14(17)16-11-7-3-2-4-8-11/h5-6,9,11,17H,2-4,7-8H2,1H3/p-1. The normalized spacial score (nSPS) is 18.4. The Bertz CT molecular complexity index is 402. The molecule has 0 heterocycles. The van der Waals surface area contributed by atoms with E-state index in [4.69, 9.17) is 24.2 Å². The van der Waals surface area contributed by atoms with Crippen molar-refractivity contribution in [3.63, 3.8) is 0 Å². The summed E-state index contributed by atoms with van der Waals surface area (Å²) in [5.41, 5.74) is 3.05. The van der Waals surface area contributed by atoms with Crippen molar-refractivity contribution >= 4 is 37.1 Å². The number of hydrogen-bond acceptors (Lipinski definition) is 1. The minimum absolute atomic E-state index is 0.756. The van der Waals surface area contributed by atoms with Crippen LogP contribution in [0.15, 0.2) is 18.2 Å². The summed E-state index contributed by atoms with van der Waals surface area (Å²) in [6.45, 7) is 2.09. The first-order valence-corrected chi connectivity index (χ1v) is 7.94. The highest BCUT2D eigenvalue weighted by molar-refractivity contribution is 7.88. The fraction of sp³-hybridized carbons (Fsp3) is 0.500. The fourth-order valence-electron chi connectivity index (χ4n) is 2.34. The fourth-order valence-corrected chi connectivity index (χ4v) is 4.88. The van der Waals surface area contributed by atoms with E-state index < -0.39 is 0 Å². The average molecular weight is 284 g/mol. The quantitative estimate of drug-likeness (QED) is 0.546. The maximum atomic E-state index is 6.25. The highest BCUT2D eigenvalue weighted by atomic mass is 35.5. The van der Waals surface area contributed by atoms with Crippen molar-refractivity contribution in [3.05, 3.63) is 34.3 Å². The van der Waals surface area contributed by atoms with Gasteiger partial charge in [-0.2, -0.15) is 4.63 Å². The van der Waals surface area contributed by atoms with Gasteiger partial charge in [-0.3, -0.25) is 0 Å². The van der Waals surface area contributed by atoms with E-state index >= 15 is 0 Å². The van der Waals surface area contributed by atoms with Crippen LogP contribution in [0.25, 0.3) is 0 Å². The topological polar surface area (TPSA) is 0 Å². The van der Waals surface area contributed by atoms with Crippen LogP contribution in [0.3, 0.4) is 0 Å². The molecule has 0 amide bonds. The van der Waals surface area contributed by atoms with E-state index in [1.165, 1.54) is 45.9 Å². The van der Waals surface area contributed by atoms with Crippen LogP contribution in [0.5, 0.6) is 0 Å². The first-order chi connectivity index (χ1) is 8.18. The Balaban J connectivity index is 2.23. The minimum atomic E-state index is 0.756. The third-order valence-corrected chi connectivity index (χ3v) is 5.49. The molecule has 92 valence electrons. The van der Waals surface area contributed by atoms with Crippen molar-refractivity contribution < 1.29 is 0 Å². The highest BCUT2D eigenvalue weighted by Crippen LogP contribution is 2.31. The van der Waals surface area contributed by atoms with Crippen LogP contribution < -0.4 is 0 Å². The Hall–Kier alpha value is 0.0300. The molecule has 0 aromatic heterocycles. The summed E-state index contributed by atoms with van der Waals surface area (Å²) in [6, 6.07) is 6.01. The van der Waals surface area contributed by atoms with E-state index in [0.717, 1.165) is 20.9 Å². The summed E-state index contributed by atoms with van der Waals surface area (Å²) in [6.07, 6.45) is 6.77. The molecule has 1 saturated carbocycles. The van der Waals surface area contributed by atoms with Crippen molar-refractivity contribution in [2.24, 2.45) is 0 Å². The molecule has 3 heteroatoms. The van der Waals surface area contributed by atoms with Crippen molar-refractivity contribution in [3.8, 4) is 0 Å². The van der Waals surface area contributed by atoms with Gasteiger partial charge in [-0.15, -0.1) is 8.20 Å². The third kappa shape index (κ3) is 3.50. The Morgan fingerprint density at radius 1 is 1.29 bits per heavy atom. The lowest BCUT2D eigenvalue weighted by molar-refractivity contribution is 0.515. The predicted octanol–water partition coefficient (Wildman–Crippen LogP) is 4.95. The van der Waals surface area contributed by atoms with Gasteiger partial charge < -0.3 is 12.6 Å². The molecule has 0 atom stereocenters. The molecule has 1 aliphatic carbocycles. The van der Waals surface area contributed by atoms with Gasteiger partial charge in [0.2, 0.25) is 0 Å². The molecular formula is C14H17ClPS-. The lowest BCUT2D eigenvalue weighted by atomic mass is 10.0. The number of benzene rings is 1. The molecule has 0 bridgehead atoms. The Morgan fingerprint density at radius 3 is 2.65 bits per heavy atom. The van der Waals surface area contributed by atoms with Crippen LogP contribution in [0.1, 0.15) is 43.2 Å². The predicted molar refractivity (Wildman–Crippen MR) is 81.5 cm³/mol. The molecular weight excluding hydrogens is 267 g/mol. The molecule has 1 aliphatic rings. The van der Waals surface area contributed by atoms with Crippen molar-refractivity contribution in [1.82, 2.24) is 0 Å². The first kappa shape index (κ1) is 13.5. The zero-order valence-corrected chi connectivity index (χ0v) is 12.5. The van der Waals surface area contributed by atoms with E-state index in [-0.39, 0.29) is 0 Å². The zero-order valence-electron chi connectivity index (χ0n) is 10.1. The second kappa shape index (κ2) is 6.27. The molecule has 17 heavy (non-hydrogen) atoms. The van der Waals surface area contributed by atoms with Gasteiger partial charge in [-0.1, -0.05) is 43.0 Å². The molecule has 1 aromatic carbocycles. The Kier molecular flexibility index (Phi) is 4.97. The Morgan fingerprint density at radius 2 is 2.00 bits per heavy atom. The molecule has 0 spiro atoms. The van der Waals surface area contributed by atoms with Crippen molar-refractivity contribution in [2.45, 2.75) is 44.7 Å². The van der Waals surface area contributed by atoms with E-state index in [0.29, 0.717) is 0 Å². The van der Waals surface area contributed by atoms with Gasteiger partial charge in [0.15, 0.2) is 0 Å². The second-order valence-electron chi connectivity index (χ2n) is 4.66. The van der Waals surface area contributed by atoms with Crippen LogP contribution in [-0.4, -0.2) is 10.3 Å². The summed E-state index contributed by atoms with van der Waals surface area (Å²) in [5, 5.41) is 0.804. The number of aryl methyl sites for hydroxylation is 1. The molecule has 0 unspecified atom stereocenters. The van der Waals surface area contributed by atoms with Crippen molar-refractivity contribution in [2.75, 3.05) is 0 Å². The smallest absolute Gasteiger partial charge is 0.0467 e. The van der Waals surface area contributed by atoms with Crippen LogP contribution in [0.4, 0.5) is 0 Å². The summed E-state index contributed by atoms with van der Waals surface area (Å²) in [7, 11) is 1.31. The number of rotatable bonds is 2. The van der Waals surface area contributed by atoms with Crippen LogP contribution in [0, 0.1) is 6.92 Å². The lowest BCUT2D eigenvalue weighted by Crippen LogP contribution is -2.07. The van der Waals surface area contributed by atoms with Gasteiger partial charge in [0.1, 0.15) is 0 Å². The number of hydrogen-bond donors (Lipinski definition) is 0. The summed E-state index contributed by atoms with van der Waals surface area (Å²) in [5.74, 6) is 0. The van der Waals surface area contributed by atoms with E-state index in [9.17, 15) is 0 Å². The molecule has 1 aromatic rings. The minimum Gasteiger partial charge on any atom is -0.752 e. The average Bonchev–Trinajstić information content (AvgIpc) is 2.30. The first-order valence-electron chi connectivity index (χ1n) is 6.19. The van der Waals surface area contributed by atoms with Crippen molar-refractivity contribution in [1.29, 1.82) is 0 Å². The van der Waals surface area contributed by atoms with E-state index in [1.807, 2.05) is 12.1 Å². The molecule has 1 fully saturated rings. The van der Waals surface area contributed by atoms with Gasteiger partial charge >= 0.3 is 0 Å². The van der Waals surface area contributed by atoms with E-state index in [2.05, 4.69) is 13.0 Å². The largest absolute Gasteiger partial charge is 0.752 e. The SMILES string of the molecule is Cc1cccc(Cl)c1C([S-])=PC1CCCCC1. The van der Waals surface area contributed by atoms with E-state index in [1.54, 1.807) is 0 Å². The monoisotopic (exact) mass is 283 g/mol. The van der Waals surface area contributed by atoms with Gasteiger partial charge in [0.25, 0.3) is 0 Å². The zero-order chi connectivity index (χ0) is 12.3.